The first-order valence-electron chi connectivity index (χ1n) is 8.57. The number of thiophene rings is 1. The lowest BCUT2D eigenvalue weighted by molar-refractivity contribution is 1.33. The minimum atomic E-state index is 0.991. The van der Waals surface area contributed by atoms with Crippen molar-refractivity contribution in [2.45, 2.75) is 0 Å². The van der Waals surface area contributed by atoms with Gasteiger partial charge in [-0.3, -0.25) is 4.98 Å². The number of hydrogen-bond acceptors (Lipinski definition) is 3. The Balaban J connectivity index is 1.44. The van der Waals surface area contributed by atoms with E-state index in [2.05, 4.69) is 77.0 Å². The highest BCUT2D eigenvalue weighted by molar-refractivity contribution is 7.25. The summed E-state index contributed by atoms with van der Waals surface area (Å²) in [6.45, 7) is 0. The molecule has 0 radical (unpaired) electrons. The molecule has 0 amide bonds. The molecule has 0 saturated heterocycles. The number of pyridine rings is 1. The number of aromatic nitrogens is 1. The lowest BCUT2D eigenvalue weighted by atomic mass is 10.1. The van der Waals surface area contributed by atoms with E-state index in [9.17, 15) is 0 Å². The van der Waals surface area contributed by atoms with Gasteiger partial charge >= 0.3 is 0 Å². The van der Waals surface area contributed by atoms with Crippen molar-refractivity contribution in [1.29, 1.82) is 0 Å². The third kappa shape index (κ3) is 2.72. The van der Waals surface area contributed by atoms with Crippen molar-refractivity contribution in [2.24, 2.45) is 0 Å². The summed E-state index contributed by atoms with van der Waals surface area (Å²) in [5, 5.41) is 6.16. The zero-order chi connectivity index (χ0) is 17.3. The van der Waals surface area contributed by atoms with Crippen molar-refractivity contribution in [2.75, 3.05) is 5.32 Å². The van der Waals surface area contributed by atoms with Crippen LogP contribution in [0, 0.1) is 0 Å². The molecule has 3 aromatic carbocycles. The first-order chi connectivity index (χ1) is 12.9. The second kappa shape index (κ2) is 6.28. The molecule has 1 N–H and O–H groups in total. The molecule has 0 fully saturated rings. The van der Waals surface area contributed by atoms with Gasteiger partial charge in [0.25, 0.3) is 0 Å². The van der Waals surface area contributed by atoms with Crippen molar-refractivity contribution in [3.63, 3.8) is 0 Å². The summed E-state index contributed by atoms with van der Waals surface area (Å²) in [5.41, 5.74) is 4.29. The maximum Gasteiger partial charge on any atom is 0.0701 e. The summed E-state index contributed by atoms with van der Waals surface area (Å²) in [7, 11) is 0. The van der Waals surface area contributed by atoms with Crippen LogP contribution in [0.25, 0.3) is 31.4 Å². The Hall–Kier alpha value is -3.17. The minimum absolute atomic E-state index is 0.991. The Kier molecular flexibility index (Phi) is 3.65. The fraction of sp³-hybridized carbons (Fsp3) is 0. The Morgan fingerprint density at radius 2 is 1.42 bits per heavy atom. The van der Waals surface area contributed by atoms with E-state index < -0.39 is 0 Å². The molecule has 2 nitrogen and oxygen atoms in total. The van der Waals surface area contributed by atoms with Gasteiger partial charge in [0.2, 0.25) is 0 Å². The summed E-state index contributed by atoms with van der Waals surface area (Å²) in [6.07, 6.45) is 1.82. The largest absolute Gasteiger partial charge is 0.355 e. The molecule has 0 unspecified atom stereocenters. The number of nitrogens with one attached hydrogen (secondary N) is 1. The lowest BCUT2D eigenvalue weighted by Gasteiger charge is -2.08. The first-order valence-corrected chi connectivity index (χ1v) is 9.38. The molecule has 0 spiro atoms. The van der Waals surface area contributed by atoms with Crippen LogP contribution in [0.1, 0.15) is 0 Å². The van der Waals surface area contributed by atoms with E-state index in [0.717, 1.165) is 22.6 Å². The van der Waals surface area contributed by atoms with E-state index in [1.165, 1.54) is 20.2 Å². The van der Waals surface area contributed by atoms with Crippen LogP contribution in [0.15, 0.2) is 91.1 Å². The Morgan fingerprint density at radius 1 is 0.654 bits per heavy atom. The first kappa shape index (κ1) is 15.1. The van der Waals surface area contributed by atoms with Gasteiger partial charge in [0.1, 0.15) is 0 Å². The standard InChI is InChI=1S/C23H16N2S/c1-2-7-22-19(5-1)20-13-12-18(15-23(20)26-22)25-17-10-8-16(9-11-17)21-6-3-4-14-24-21/h1-15,25H. The van der Waals surface area contributed by atoms with Crippen molar-refractivity contribution < 1.29 is 0 Å². The van der Waals surface area contributed by atoms with Gasteiger partial charge in [-0.2, -0.15) is 0 Å². The Morgan fingerprint density at radius 3 is 2.27 bits per heavy atom. The van der Waals surface area contributed by atoms with Crippen LogP contribution in [0.4, 0.5) is 11.4 Å². The van der Waals surface area contributed by atoms with Gasteiger partial charge in [0, 0.05) is 43.3 Å². The van der Waals surface area contributed by atoms with E-state index in [4.69, 9.17) is 0 Å². The average Bonchev–Trinajstić information content (AvgIpc) is 3.07. The van der Waals surface area contributed by atoms with Crippen LogP contribution in [-0.2, 0) is 0 Å². The topological polar surface area (TPSA) is 24.9 Å². The Labute approximate surface area is 155 Å². The van der Waals surface area contributed by atoms with Crippen molar-refractivity contribution in [3.05, 3.63) is 91.1 Å². The SMILES string of the molecule is c1ccc(-c2ccc(Nc3ccc4c(c3)sc3ccccc34)cc2)nc1. The molecule has 0 bridgehead atoms. The molecule has 0 aliphatic heterocycles. The summed E-state index contributed by atoms with van der Waals surface area (Å²) < 4.78 is 2.64. The fourth-order valence-corrected chi connectivity index (χ4v) is 4.37. The number of fused-ring (bicyclic) bond motifs is 3. The molecule has 5 rings (SSSR count). The van der Waals surface area contributed by atoms with Crippen LogP contribution in [0.2, 0.25) is 0 Å². The molecule has 0 saturated carbocycles. The second-order valence-corrected chi connectivity index (χ2v) is 7.31. The summed E-state index contributed by atoms with van der Waals surface area (Å²) in [4.78, 5) is 4.40. The highest BCUT2D eigenvalue weighted by Crippen LogP contribution is 2.35. The van der Waals surface area contributed by atoms with Gasteiger partial charge in [-0.1, -0.05) is 42.5 Å². The molecule has 3 heteroatoms. The average molecular weight is 352 g/mol. The summed E-state index contributed by atoms with van der Waals surface area (Å²) in [6, 6.07) is 29.5. The van der Waals surface area contributed by atoms with Crippen molar-refractivity contribution in [1.82, 2.24) is 4.98 Å². The molecular formula is C23H16N2S. The van der Waals surface area contributed by atoms with Crippen molar-refractivity contribution in [3.8, 4) is 11.3 Å². The second-order valence-electron chi connectivity index (χ2n) is 6.23. The van der Waals surface area contributed by atoms with E-state index in [1.54, 1.807) is 0 Å². The van der Waals surface area contributed by atoms with Gasteiger partial charge in [-0.25, -0.2) is 0 Å². The molecule has 5 aromatic rings. The van der Waals surface area contributed by atoms with Crippen LogP contribution in [0.3, 0.4) is 0 Å². The zero-order valence-electron chi connectivity index (χ0n) is 14.0. The third-order valence-electron chi connectivity index (χ3n) is 4.51. The van der Waals surface area contributed by atoms with E-state index in [1.807, 2.05) is 35.7 Å². The Bertz CT molecular complexity index is 1190. The number of hydrogen-bond donors (Lipinski definition) is 1. The molecule has 0 aliphatic carbocycles. The highest BCUT2D eigenvalue weighted by Gasteiger charge is 2.05. The summed E-state index contributed by atoms with van der Waals surface area (Å²) >= 11 is 1.84. The van der Waals surface area contributed by atoms with Gasteiger partial charge in [-0.05, 0) is 42.5 Å². The molecule has 0 aliphatic rings. The highest BCUT2D eigenvalue weighted by atomic mass is 32.1. The van der Waals surface area contributed by atoms with Crippen LogP contribution in [-0.4, -0.2) is 4.98 Å². The van der Waals surface area contributed by atoms with Gasteiger partial charge < -0.3 is 5.32 Å². The van der Waals surface area contributed by atoms with E-state index in [-0.39, 0.29) is 0 Å². The third-order valence-corrected chi connectivity index (χ3v) is 5.65. The smallest absolute Gasteiger partial charge is 0.0701 e. The van der Waals surface area contributed by atoms with Gasteiger partial charge in [0.05, 0.1) is 5.69 Å². The molecular weight excluding hydrogens is 336 g/mol. The van der Waals surface area contributed by atoms with Crippen LogP contribution >= 0.6 is 11.3 Å². The van der Waals surface area contributed by atoms with Crippen molar-refractivity contribution >= 4 is 42.9 Å². The normalized spacial score (nSPS) is 11.1. The minimum Gasteiger partial charge on any atom is -0.355 e. The van der Waals surface area contributed by atoms with Gasteiger partial charge in [-0.15, -0.1) is 11.3 Å². The predicted octanol–water partition coefficient (Wildman–Crippen LogP) is 6.86. The molecule has 2 heterocycles. The molecule has 2 aromatic heterocycles. The lowest BCUT2D eigenvalue weighted by Crippen LogP contribution is -1.90. The summed E-state index contributed by atoms with van der Waals surface area (Å²) in [5.74, 6) is 0. The number of benzene rings is 3. The molecule has 124 valence electrons. The molecule has 0 atom stereocenters. The maximum atomic E-state index is 4.40. The van der Waals surface area contributed by atoms with E-state index >= 15 is 0 Å². The number of anilines is 2. The predicted molar refractivity (Wildman–Crippen MR) is 112 cm³/mol. The van der Waals surface area contributed by atoms with Crippen LogP contribution in [0.5, 0.6) is 0 Å². The van der Waals surface area contributed by atoms with Gasteiger partial charge in [0.15, 0.2) is 0 Å². The zero-order valence-corrected chi connectivity index (χ0v) is 14.8. The monoisotopic (exact) mass is 352 g/mol. The maximum absolute atomic E-state index is 4.40. The molecule has 26 heavy (non-hydrogen) atoms. The number of nitrogens with zero attached hydrogens (tertiary/aromatic N) is 1. The van der Waals surface area contributed by atoms with Crippen LogP contribution < -0.4 is 5.32 Å². The fourth-order valence-electron chi connectivity index (χ4n) is 3.23. The van der Waals surface area contributed by atoms with E-state index in [0.29, 0.717) is 0 Å². The number of rotatable bonds is 3. The quantitative estimate of drug-likeness (QED) is 0.383.